The van der Waals surface area contributed by atoms with Crippen molar-refractivity contribution in [2.24, 2.45) is 0 Å². The summed E-state index contributed by atoms with van der Waals surface area (Å²) in [4.78, 5) is 12.1. The van der Waals surface area contributed by atoms with E-state index in [1.807, 2.05) is 19.1 Å². The van der Waals surface area contributed by atoms with Crippen molar-refractivity contribution < 1.29 is 14.3 Å². The van der Waals surface area contributed by atoms with Crippen LogP contribution in [-0.2, 0) is 25.1 Å². The normalized spacial score (nSPS) is 17.7. The fraction of sp³-hybridized carbons (Fsp3) is 0.562. The molecule has 3 nitrogen and oxygen atoms in total. The van der Waals surface area contributed by atoms with Gasteiger partial charge in [-0.1, -0.05) is 45.0 Å². The fourth-order valence-corrected chi connectivity index (χ4v) is 2.27. The van der Waals surface area contributed by atoms with Crippen molar-refractivity contribution in [3.05, 3.63) is 35.4 Å². The topological polar surface area (TPSA) is 35.5 Å². The predicted octanol–water partition coefficient (Wildman–Crippen LogP) is 2.82. The second-order valence-corrected chi connectivity index (χ2v) is 6.12. The first kappa shape index (κ1) is 14.1. The van der Waals surface area contributed by atoms with Gasteiger partial charge >= 0.3 is 5.97 Å². The second-order valence-electron chi connectivity index (χ2n) is 6.12. The number of carbonyl (C=O) groups is 1. The van der Waals surface area contributed by atoms with E-state index in [1.54, 1.807) is 0 Å². The highest BCUT2D eigenvalue weighted by molar-refractivity contribution is 5.84. The molecule has 1 aliphatic heterocycles. The molecule has 0 N–H and O–H groups in total. The van der Waals surface area contributed by atoms with Gasteiger partial charge in [-0.05, 0) is 23.5 Å². The Morgan fingerprint density at radius 2 is 1.84 bits per heavy atom. The Hall–Kier alpha value is -1.35. The zero-order valence-electron chi connectivity index (χ0n) is 12.2. The molecule has 1 aliphatic rings. The molecule has 1 saturated heterocycles. The van der Waals surface area contributed by atoms with Gasteiger partial charge in [0.15, 0.2) is 0 Å². The van der Waals surface area contributed by atoms with Crippen LogP contribution >= 0.6 is 0 Å². The van der Waals surface area contributed by atoms with Crippen LogP contribution in [-0.4, -0.2) is 25.8 Å². The number of ether oxygens (including phenoxy) is 2. The SMILES string of the molecule is CCOC(=O)C1(c2ccc(C(C)(C)C)cc2)COC1. The third-order valence-corrected chi connectivity index (χ3v) is 3.67. The minimum Gasteiger partial charge on any atom is -0.465 e. The monoisotopic (exact) mass is 262 g/mol. The van der Waals surface area contributed by atoms with E-state index in [0.29, 0.717) is 19.8 Å². The molecule has 0 aliphatic carbocycles. The summed E-state index contributed by atoms with van der Waals surface area (Å²) in [6.45, 7) is 9.59. The van der Waals surface area contributed by atoms with E-state index in [-0.39, 0.29) is 11.4 Å². The summed E-state index contributed by atoms with van der Waals surface area (Å²) in [5.41, 5.74) is 1.78. The highest BCUT2D eigenvalue weighted by Gasteiger charge is 2.48. The van der Waals surface area contributed by atoms with E-state index in [2.05, 4.69) is 32.9 Å². The molecule has 104 valence electrons. The number of carbonyl (C=O) groups excluding carboxylic acids is 1. The quantitative estimate of drug-likeness (QED) is 0.786. The molecule has 0 amide bonds. The van der Waals surface area contributed by atoms with Gasteiger partial charge in [0.25, 0.3) is 0 Å². The molecule has 0 saturated carbocycles. The molecule has 1 aromatic rings. The lowest BCUT2D eigenvalue weighted by Crippen LogP contribution is -2.53. The molecule has 19 heavy (non-hydrogen) atoms. The minimum absolute atomic E-state index is 0.117. The lowest BCUT2D eigenvalue weighted by Gasteiger charge is -2.39. The standard InChI is InChI=1S/C16H22O3/c1-5-19-14(17)16(10-18-11-16)13-8-6-12(7-9-13)15(2,3)4/h6-9H,5,10-11H2,1-4H3. The Bertz CT molecular complexity index is 450. The summed E-state index contributed by atoms with van der Waals surface area (Å²) in [5.74, 6) is -0.176. The Kier molecular flexibility index (Phi) is 3.68. The van der Waals surface area contributed by atoms with Gasteiger partial charge < -0.3 is 9.47 Å². The molecule has 2 rings (SSSR count). The number of benzene rings is 1. The summed E-state index contributed by atoms with van der Waals surface area (Å²) in [5, 5.41) is 0. The summed E-state index contributed by atoms with van der Waals surface area (Å²) >= 11 is 0. The van der Waals surface area contributed by atoms with Crippen molar-refractivity contribution in [1.82, 2.24) is 0 Å². The van der Waals surface area contributed by atoms with Crippen LogP contribution in [0.2, 0.25) is 0 Å². The van der Waals surface area contributed by atoms with E-state index in [0.717, 1.165) is 5.56 Å². The maximum Gasteiger partial charge on any atom is 0.321 e. The van der Waals surface area contributed by atoms with E-state index in [9.17, 15) is 4.79 Å². The maximum atomic E-state index is 12.1. The largest absolute Gasteiger partial charge is 0.465 e. The first-order valence-corrected chi connectivity index (χ1v) is 6.76. The smallest absolute Gasteiger partial charge is 0.321 e. The Morgan fingerprint density at radius 3 is 2.21 bits per heavy atom. The van der Waals surface area contributed by atoms with Gasteiger partial charge in [0.1, 0.15) is 5.41 Å². The average Bonchev–Trinajstić information content (AvgIpc) is 2.27. The average molecular weight is 262 g/mol. The molecule has 0 bridgehead atoms. The Morgan fingerprint density at radius 1 is 1.26 bits per heavy atom. The first-order chi connectivity index (χ1) is 8.90. The molecular formula is C16H22O3. The van der Waals surface area contributed by atoms with Gasteiger partial charge in [-0.25, -0.2) is 0 Å². The molecule has 0 unspecified atom stereocenters. The van der Waals surface area contributed by atoms with E-state index < -0.39 is 5.41 Å². The van der Waals surface area contributed by atoms with E-state index in [1.165, 1.54) is 5.56 Å². The fourth-order valence-electron chi connectivity index (χ4n) is 2.27. The van der Waals surface area contributed by atoms with Crippen LogP contribution in [0, 0.1) is 0 Å². The van der Waals surface area contributed by atoms with Crippen LogP contribution < -0.4 is 0 Å². The van der Waals surface area contributed by atoms with Gasteiger partial charge in [0.2, 0.25) is 0 Å². The molecule has 0 atom stereocenters. The van der Waals surface area contributed by atoms with E-state index in [4.69, 9.17) is 9.47 Å². The number of hydrogen-bond acceptors (Lipinski definition) is 3. The van der Waals surface area contributed by atoms with Gasteiger partial charge in [0.05, 0.1) is 19.8 Å². The van der Waals surface area contributed by atoms with Crippen LogP contribution in [0.4, 0.5) is 0 Å². The summed E-state index contributed by atoms with van der Waals surface area (Å²) in [7, 11) is 0. The minimum atomic E-state index is -0.591. The second kappa shape index (κ2) is 4.97. The molecule has 3 heteroatoms. The summed E-state index contributed by atoms with van der Waals surface area (Å²) in [6, 6.07) is 8.24. The number of rotatable bonds is 3. The Labute approximate surface area is 114 Å². The summed E-state index contributed by atoms with van der Waals surface area (Å²) < 4.78 is 10.4. The molecule has 1 fully saturated rings. The van der Waals surface area contributed by atoms with Crippen LogP contribution in [0.25, 0.3) is 0 Å². The predicted molar refractivity (Wildman–Crippen MR) is 74.3 cm³/mol. The lowest BCUT2D eigenvalue weighted by atomic mass is 9.77. The Balaban J connectivity index is 2.27. The zero-order chi connectivity index (χ0) is 14.1. The molecular weight excluding hydrogens is 240 g/mol. The van der Waals surface area contributed by atoms with Crippen LogP contribution in [0.1, 0.15) is 38.8 Å². The van der Waals surface area contributed by atoms with Crippen molar-refractivity contribution in [3.63, 3.8) is 0 Å². The van der Waals surface area contributed by atoms with Gasteiger partial charge in [-0.3, -0.25) is 4.79 Å². The van der Waals surface area contributed by atoms with Crippen LogP contribution in [0.15, 0.2) is 24.3 Å². The molecule has 0 spiro atoms. The van der Waals surface area contributed by atoms with Crippen LogP contribution in [0.3, 0.4) is 0 Å². The molecule has 0 radical (unpaired) electrons. The highest BCUT2D eigenvalue weighted by atomic mass is 16.6. The van der Waals surface area contributed by atoms with Crippen molar-refractivity contribution in [2.45, 2.75) is 38.5 Å². The molecule has 1 aromatic carbocycles. The maximum absolute atomic E-state index is 12.1. The van der Waals surface area contributed by atoms with Crippen LogP contribution in [0.5, 0.6) is 0 Å². The van der Waals surface area contributed by atoms with Crippen molar-refractivity contribution >= 4 is 5.97 Å². The van der Waals surface area contributed by atoms with Gasteiger partial charge in [0, 0.05) is 0 Å². The van der Waals surface area contributed by atoms with Gasteiger partial charge in [-0.15, -0.1) is 0 Å². The summed E-state index contributed by atoms with van der Waals surface area (Å²) in [6.07, 6.45) is 0. The van der Waals surface area contributed by atoms with Crippen molar-refractivity contribution in [1.29, 1.82) is 0 Å². The van der Waals surface area contributed by atoms with Gasteiger partial charge in [-0.2, -0.15) is 0 Å². The molecule has 0 aromatic heterocycles. The third-order valence-electron chi connectivity index (χ3n) is 3.67. The lowest BCUT2D eigenvalue weighted by molar-refractivity contribution is -0.169. The van der Waals surface area contributed by atoms with Crippen molar-refractivity contribution in [2.75, 3.05) is 19.8 Å². The van der Waals surface area contributed by atoms with Crippen molar-refractivity contribution in [3.8, 4) is 0 Å². The van der Waals surface area contributed by atoms with E-state index >= 15 is 0 Å². The number of esters is 1. The zero-order valence-corrected chi connectivity index (χ0v) is 12.2. The molecule has 1 heterocycles. The highest BCUT2D eigenvalue weighted by Crippen LogP contribution is 2.35. The first-order valence-electron chi connectivity index (χ1n) is 6.76. The number of hydrogen-bond donors (Lipinski definition) is 0. The third kappa shape index (κ3) is 2.52.